The summed E-state index contributed by atoms with van der Waals surface area (Å²) in [6, 6.07) is 6.46. The molecule has 0 saturated carbocycles. The van der Waals surface area contributed by atoms with E-state index < -0.39 is 0 Å². The van der Waals surface area contributed by atoms with E-state index in [9.17, 15) is 4.79 Å². The van der Waals surface area contributed by atoms with E-state index in [0.717, 1.165) is 6.54 Å². The van der Waals surface area contributed by atoms with Gasteiger partial charge >= 0.3 is 5.97 Å². The van der Waals surface area contributed by atoms with E-state index in [1.165, 1.54) is 35.3 Å². The van der Waals surface area contributed by atoms with Crippen molar-refractivity contribution in [3.8, 4) is 0 Å². The molecule has 0 fully saturated rings. The summed E-state index contributed by atoms with van der Waals surface area (Å²) >= 11 is 1.73. The molecule has 0 bridgehead atoms. The van der Waals surface area contributed by atoms with Gasteiger partial charge in [0, 0.05) is 10.6 Å². The normalized spacial score (nSPS) is 14.9. The van der Waals surface area contributed by atoms with Crippen LogP contribution in [0, 0.1) is 0 Å². The molecule has 2 rings (SSSR count). The van der Waals surface area contributed by atoms with Crippen molar-refractivity contribution in [2.75, 3.05) is 18.9 Å². The van der Waals surface area contributed by atoms with Crippen LogP contribution in [0.4, 0.5) is 0 Å². The van der Waals surface area contributed by atoms with E-state index in [2.05, 4.69) is 23.5 Å². The molecule has 1 atom stereocenters. The monoisotopic (exact) mass is 293 g/mol. The summed E-state index contributed by atoms with van der Waals surface area (Å²) in [7, 11) is 0. The number of nitrogens with one attached hydrogen (secondary N) is 1. The number of hydrogen-bond acceptors (Lipinski definition) is 4. The molecular formula is C16H23NO2S. The molecule has 0 radical (unpaired) electrons. The Labute approximate surface area is 125 Å². The number of aryl methyl sites for hydroxylation is 2. The number of benzene rings is 1. The number of hydrogen-bond donors (Lipinski definition) is 1. The van der Waals surface area contributed by atoms with Crippen LogP contribution in [0.2, 0.25) is 0 Å². The van der Waals surface area contributed by atoms with Gasteiger partial charge in [-0.3, -0.25) is 4.79 Å². The van der Waals surface area contributed by atoms with E-state index in [1.807, 2.05) is 13.8 Å². The molecule has 1 aromatic carbocycles. The first-order valence-corrected chi connectivity index (χ1v) is 8.37. The van der Waals surface area contributed by atoms with Crippen molar-refractivity contribution in [3.05, 3.63) is 29.3 Å². The molecular weight excluding hydrogens is 270 g/mol. The van der Waals surface area contributed by atoms with E-state index >= 15 is 0 Å². The van der Waals surface area contributed by atoms with Gasteiger partial charge in [0.1, 0.15) is 6.04 Å². The average molecular weight is 293 g/mol. The number of thioether (sulfide) groups is 1. The molecule has 0 heterocycles. The van der Waals surface area contributed by atoms with Gasteiger partial charge in [-0.25, -0.2) is 0 Å². The van der Waals surface area contributed by atoms with E-state index in [4.69, 9.17) is 4.74 Å². The summed E-state index contributed by atoms with van der Waals surface area (Å²) in [5.74, 6) is 0.564. The highest BCUT2D eigenvalue weighted by Gasteiger charge is 2.19. The lowest BCUT2D eigenvalue weighted by Gasteiger charge is -2.16. The minimum atomic E-state index is -0.224. The van der Waals surface area contributed by atoms with Crippen LogP contribution in [0.1, 0.15) is 31.4 Å². The van der Waals surface area contributed by atoms with Crippen LogP contribution in [-0.4, -0.2) is 30.9 Å². The third kappa shape index (κ3) is 4.00. The molecule has 0 saturated heterocycles. The standard InChI is InChI=1S/C16H23NO2S/c1-3-17-15(16(18)19-4-2)11-20-14-9-8-12-6-5-7-13(12)10-14/h8-10,15,17H,3-7,11H2,1-2H3. The summed E-state index contributed by atoms with van der Waals surface area (Å²) < 4.78 is 5.10. The van der Waals surface area contributed by atoms with Crippen molar-refractivity contribution in [2.45, 2.75) is 44.0 Å². The maximum atomic E-state index is 11.8. The van der Waals surface area contributed by atoms with Gasteiger partial charge in [0.05, 0.1) is 6.61 Å². The second-order valence-corrected chi connectivity index (χ2v) is 6.05. The first kappa shape index (κ1) is 15.4. The molecule has 1 unspecified atom stereocenters. The molecule has 110 valence electrons. The maximum Gasteiger partial charge on any atom is 0.323 e. The van der Waals surface area contributed by atoms with Crippen LogP contribution in [-0.2, 0) is 22.4 Å². The average Bonchev–Trinajstić information content (AvgIpc) is 2.91. The fourth-order valence-corrected chi connectivity index (χ4v) is 3.52. The summed E-state index contributed by atoms with van der Waals surface area (Å²) in [6.45, 7) is 5.05. The van der Waals surface area contributed by atoms with Crippen LogP contribution in [0.15, 0.2) is 23.1 Å². The van der Waals surface area contributed by atoms with E-state index in [0.29, 0.717) is 12.4 Å². The molecule has 20 heavy (non-hydrogen) atoms. The summed E-state index contributed by atoms with van der Waals surface area (Å²) in [5.41, 5.74) is 2.97. The largest absolute Gasteiger partial charge is 0.465 e. The Morgan fingerprint density at radius 2 is 2.15 bits per heavy atom. The lowest BCUT2D eigenvalue weighted by Crippen LogP contribution is -2.40. The summed E-state index contributed by atoms with van der Waals surface area (Å²) in [5, 5.41) is 3.19. The highest BCUT2D eigenvalue weighted by atomic mass is 32.2. The molecule has 0 aliphatic heterocycles. The number of esters is 1. The lowest BCUT2D eigenvalue weighted by atomic mass is 10.1. The SMILES string of the molecule is CCNC(CSc1ccc2c(c1)CCC2)C(=O)OCC. The van der Waals surface area contributed by atoms with Gasteiger partial charge in [0.2, 0.25) is 0 Å². The smallest absolute Gasteiger partial charge is 0.323 e. The summed E-state index contributed by atoms with van der Waals surface area (Å²) in [6.07, 6.45) is 3.67. The molecule has 1 aliphatic carbocycles. The van der Waals surface area contributed by atoms with Crippen LogP contribution in [0.25, 0.3) is 0 Å². The Hall–Kier alpha value is -1.00. The minimum Gasteiger partial charge on any atom is -0.465 e. The third-order valence-electron chi connectivity index (χ3n) is 3.51. The molecule has 1 aliphatic rings. The quantitative estimate of drug-likeness (QED) is 0.620. The maximum absolute atomic E-state index is 11.8. The predicted octanol–water partition coefficient (Wildman–Crippen LogP) is 2.81. The highest BCUT2D eigenvalue weighted by molar-refractivity contribution is 7.99. The van der Waals surface area contributed by atoms with Gasteiger partial charge in [-0.05, 0) is 56.0 Å². The van der Waals surface area contributed by atoms with Crippen LogP contribution >= 0.6 is 11.8 Å². The Morgan fingerprint density at radius 3 is 2.90 bits per heavy atom. The fourth-order valence-electron chi connectivity index (χ4n) is 2.52. The van der Waals surface area contributed by atoms with Crippen LogP contribution < -0.4 is 5.32 Å². The summed E-state index contributed by atoms with van der Waals surface area (Å²) in [4.78, 5) is 13.1. The zero-order valence-electron chi connectivity index (χ0n) is 12.3. The molecule has 0 aromatic heterocycles. The first-order valence-electron chi connectivity index (χ1n) is 7.39. The molecule has 1 aromatic rings. The minimum absolute atomic E-state index is 0.150. The zero-order chi connectivity index (χ0) is 14.4. The van der Waals surface area contributed by atoms with Crippen molar-refractivity contribution < 1.29 is 9.53 Å². The Bertz CT molecular complexity index is 462. The Balaban J connectivity index is 1.93. The van der Waals surface area contributed by atoms with Crippen molar-refractivity contribution in [3.63, 3.8) is 0 Å². The van der Waals surface area contributed by atoms with Crippen molar-refractivity contribution in [2.24, 2.45) is 0 Å². The number of carbonyl (C=O) groups excluding carboxylic acids is 1. The van der Waals surface area contributed by atoms with Crippen molar-refractivity contribution >= 4 is 17.7 Å². The second kappa shape index (κ2) is 7.70. The molecule has 0 spiro atoms. The predicted molar refractivity (Wildman–Crippen MR) is 83.3 cm³/mol. The van der Waals surface area contributed by atoms with E-state index in [1.54, 1.807) is 11.8 Å². The van der Waals surface area contributed by atoms with Gasteiger partial charge in [0.25, 0.3) is 0 Å². The van der Waals surface area contributed by atoms with Gasteiger partial charge in [0.15, 0.2) is 0 Å². The Morgan fingerprint density at radius 1 is 1.35 bits per heavy atom. The van der Waals surface area contributed by atoms with Crippen molar-refractivity contribution in [1.29, 1.82) is 0 Å². The number of rotatable bonds is 7. The number of carbonyl (C=O) groups is 1. The van der Waals surface area contributed by atoms with Gasteiger partial charge in [-0.15, -0.1) is 11.8 Å². The third-order valence-corrected chi connectivity index (χ3v) is 4.60. The fraction of sp³-hybridized carbons (Fsp3) is 0.562. The van der Waals surface area contributed by atoms with Gasteiger partial charge in [-0.1, -0.05) is 13.0 Å². The molecule has 3 nitrogen and oxygen atoms in total. The zero-order valence-corrected chi connectivity index (χ0v) is 13.1. The number of fused-ring (bicyclic) bond motifs is 1. The Kier molecular flexibility index (Phi) is 5.92. The van der Waals surface area contributed by atoms with E-state index in [-0.39, 0.29) is 12.0 Å². The van der Waals surface area contributed by atoms with Crippen LogP contribution in [0.3, 0.4) is 0 Å². The number of ether oxygens (including phenoxy) is 1. The topological polar surface area (TPSA) is 38.3 Å². The van der Waals surface area contributed by atoms with Crippen molar-refractivity contribution in [1.82, 2.24) is 5.32 Å². The van der Waals surface area contributed by atoms with Crippen LogP contribution in [0.5, 0.6) is 0 Å². The van der Waals surface area contributed by atoms with Gasteiger partial charge in [-0.2, -0.15) is 0 Å². The first-order chi connectivity index (χ1) is 9.74. The molecule has 1 N–H and O–H groups in total. The number of likely N-dealkylation sites (N-methyl/N-ethyl adjacent to an activating group) is 1. The molecule has 0 amide bonds. The second-order valence-electron chi connectivity index (χ2n) is 4.96. The highest BCUT2D eigenvalue weighted by Crippen LogP contribution is 2.27. The molecule has 4 heteroatoms. The van der Waals surface area contributed by atoms with Gasteiger partial charge < -0.3 is 10.1 Å². The lowest BCUT2D eigenvalue weighted by molar-refractivity contribution is -0.144.